The zero-order valence-electron chi connectivity index (χ0n) is 8.13. The molecular formula is C10H8FN3O2. The monoisotopic (exact) mass is 221 g/mol. The second-order valence-corrected chi connectivity index (χ2v) is 3.02. The maximum Gasteiger partial charge on any atom is 0.411 e. The summed E-state index contributed by atoms with van der Waals surface area (Å²) in [5, 5.41) is 0. The summed E-state index contributed by atoms with van der Waals surface area (Å²) in [7, 11) is 0. The molecule has 1 aromatic heterocycles. The molecule has 0 aliphatic carbocycles. The molecule has 2 aromatic rings. The van der Waals surface area contributed by atoms with Crippen molar-refractivity contribution in [3.05, 3.63) is 42.6 Å². The van der Waals surface area contributed by atoms with Crippen molar-refractivity contribution in [2.75, 3.05) is 0 Å². The Morgan fingerprint density at radius 3 is 3.00 bits per heavy atom. The molecule has 5 nitrogen and oxygen atoms in total. The lowest BCUT2D eigenvalue weighted by atomic mass is 10.3. The normalized spacial score (nSPS) is 10.1. The Morgan fingerprint density at radius 2 is 2.31 bits per heavy atom. The molecule has 1 amide bonds. The number of hydrogen-bond acceptors (Lipinski definition) is 3. The lowest BCUT2D eigenvalue weighted by Gasteiger charge is -2.00. The lowest BCUT2D eigenvalue weighted by molar-refractivity contribution is 0.209. The van der Waals surface area contributed by atoms with Gasteiger partial charge in [0.15, 0.2) is 0 Å². The summed E-state index contributed by atoms with van der Waals surface area (Å²) in [5.41, 5.74) is 5.40. The average molecular weight is 221 g/mol. The van der Waals surface area contributed by atoms with E-state index in [0.29, 0.717) is 5.69 Å². The number of ether oxygens (including phenoxy) is 1. The van der Waals surface area contributed by atoms with E-state index in [1.165, 1.54) is 29.2 Å². The Bertz CT molecular complexity index is 524. The number of carbonyl (C=O) groups is 1. The van der Waals surface area contributed by atoms with Crippen molar-refractivity contribution in [1.82, 2.24) is 9.55 Å². The van der Waals surface area contributed by atoms with Crippen LogP contribution in [-0.4, -0.2) is 15.6 Å². The number of aromatic nitrogens is 2. The maximum atomic E-state index is 12.9. The zero-order valence-corrected chi connectivity index (χ0v) is 8.13. The van der Waals surface area contributed by atoms with Gasteiger partial charge in [0.25, 0.3) is 0 Å². The largest absolute Gasteiger partial charge is 0.411 e. The first-order chi connectivity index (χ1) is 7.65. The van der Waals surface area contributed by atoms with Gasteiger partial charge in [-0.15, -0.1) is 0 Å². The highest BCUT2D eigenvalue weighted by Crippen LogP contribution is 2.13. The number of halogens is 1. The quantitative estimate of drug-likeness (QED) is 0.834. The first-order valence-corrected chi connectivity index (χ1v) is 4.42. The minimum atomic E-state index is -0.940. The minimum absolute atomic E-state index is 0.0664. The molecule has 0 bridgehead atoms. The Hall–Kier alpha value is -2.37. The molecule has 0 aliphatic rings. The summed E-state index contributed by atoms with van der Waals surface area (Å²) >= 11 is 0. The van der Waals surface area contributed by atoms with Crippen molar-refractivity contribution < 1.29 is 13.9 Å². The average Bonchev–Trinajstić information content (AvgIpc) is 2.65. The first-order valence-electron chi connectivity index (χ1n) is 4.42. The van der Waals surface area contributed by atoms with Crippen LogP contribution in [0.4, 0.5) is 9.18 Å². The highest BCUT2D eigenvalue weighted by Gasteiger charge is 2.04. The SMILES string of the molecule is NC(=O)Oc1cn(-c2cccc(F)c2)cn1. The molecule has 0 atom stereocenters. The number of imidazole rings is 1. The topological polar surface area (TPSA) is 70.1 Å². The van der Waals surface area contributed by atoms with Gasteiger partial charge in [-0.3, -0.25) is 0 Å². The zero-order chi connectivity index (χ0) is 11.5. The molecule has 2 N–H and O–H groups in total. The predicted molar refractivity (Wildman–Crippen MR) is 53.7 cm³/mol. The number of benzene rings is 1. The second kappa shape index (κ2) is 4.01. The van der Waals surface area contributed by atoms with E-state index in [0.717, 1.165) is 0 Å². The van der Waals surface area contributed by atoms with Crippen LogP contribution in [0.2, 0.25) is 0 Å². The predicted octanol–water partition coefficient (Wildman–Crippen LogP) is 1.47. The summed E-state index contributed by atoms with van der Waals surface area (Å²) in [5.74, 6) is -0.291. The fourth-order valence-electron chi connectivity index (χ4n) is 1.24. The molecule has 0 saturated carbocycles. The molecule has 0 unspecified atom stereocenters. The van der Waals surface area contributed by atoms with Gasteiger partial charge in [-0.25, -0.2) is 14.2 Å². The number of carbonyl (C=O) groups excluding carboxylic acids is 1. The Kier molecular flexibility index (Phi) is 2.55. The van der Waals surface area contributed by atoms with Gasteiger partial charge in [-0.1, -0.05) is 6.07 Å². The van der Waals surface area contributed by atoms with Gasteiger partial charge in [0.1, 0.15) is 12.1 Å². The number of rotatable bonds is 2. The smallest absolute Gasteiger partial charge is 0.390 e. The first kappa shape index (κ1) is 10.2. The third kappa shape index (κ3) is 2.17. The van der Waals surface area contributed by atoms with E-state index in [1.54, 1.807) is 12.1 Å². The van der Waals surface area contributed by atoms with E-state index in [-0.39, 0.29) is 11.7 Å². The third-order valence-electron chi connectivity index (χ3n) is 1.87. The maximum absolute atomic E-state index is 12.9. The number of nitrogens with zero attached hydrogens (tertiary/aromatic N) is 2. The number of hydrogen-bond donors (Lipinski definition) is 1. The van der Waals surface area contributed by atoms with Crippen LogP contribution in [0.5, 0.6) is 5.88 Å². The standard InChI is InChI=1S/C10H8FN3O2/c11-7-2-1-3-8(4-7)14-5-9(13-6-14)16-10(12)15/h1-6H,(H2,12,15). The van der Waals surface area contributed by atoms with Gasteiger partial charge in [-0.05, 0) is 18.2 Å². The highest BCUT2D eigenvalue weighted by atomic mass is 19.1. The summed E-state index contributed by atoms with van der Waals surface area (Å²) in [6.45, 7) is 0. The molecule has 0 saturated heterocycles. The highest BCUT2D eigenvalue weighted by molar-refractivity contribution is 5.67. The van der Waals surface area contributed by atoms with Gasteiger partial charge in [0.05, 0.1) is 6.20 Å². The van der Waals surface area contributed by atoms with Crippen molar-refractivity contribution in [3.8, 4) is 11.6 Å². The van der Waals surface area contributed by atoms with Crippen LogP contribution in [0.1, 0.15) is 0 Å². The molecule has 1 aromatic carbocycles. The van der Waals surface area contributed by atoms with Crippen molar-refractivity contribution in [2.45, 2.75) is 0 Å². The second-order valence-electron chi connectivity index (χ2n) is 3.02. The van der Waals surface area contributed by atoms with Crippen molar-refractivity contribution in [2.24, 2.45) is 5.73 Å². The minimum Gasteiger partial charge on any atom is -0.390 e. The van der Waals surface area contributed by atoms with E-state index in [4.69, 9.17) is 5.73 Å². The van der Waals surface area contributed by atoms with Gasteiger partial charge < -0.3 is 15.0 Å². The number of amides is 1. The van der Waals surface area contributed by atoms with Gasteiger partial charge in [0.2, 0.25) is 5.88 Å². The van der Waals surface area contributed by atoms with Gasteiger partial charge in [-0.2, -0.15) is 0 Å². The molecule has 0 aliphatic heterocycles. The van der Waals surface area contributed by atoms with Crippen molar-refractivity contribution in [1.29, 1.82) is 0 Å². The van der Waals surface area contributed by atoms with Crippen molar-refractivity contribution >= 4 is 6.09 Å². The van der Waals surface area contributed by atoms with Crippen LogP contribution in [0, 0.1) is 5.82 Å². The van der Waals surface area contributed by atoms with E-state index in [2.05, 4.69) is 9.72 Å². The van der Waals surface area contributed by atoms with E-state index < -0.39 is 6.09 Å². The molecule has 1 heterocycles. The third-order valence-corrected chi connectivity index (χ3v) is 1.87. The number of nitrogens with two attached hydrogens (primary N) is 1. The number of primary amides is 1. The summed E-state index contributed by atoms with van der Waals surface area (Å²) in [6, 6.07) is 5.93. The molecule has 0 spiro atoms. The molecule has 16 heavy (non-hydrogen) atoms. The van der Waals surface area contributed by atoms with Crippen LogP contribution < -0.4 is 10.5 Å². The van der Waals surface area contributed by atoms with E-state index >= 15 is 0 Å². The van der Waals surface area contributed by atoms with Crippen LogP contribution in [0.15, 0.2) is 36.8 Å². The van der Waals surface area contributed by atoms with Crippen LogP contribution in [0.3, 0.4) is 0 Å². The molecular weight excluding hydrogens is 213 g/mol. The fraction of sp³-hybridized carbons (Fsp3) is 0. The van der Waals surface area contributed by atoms with E-state index in [1.807, 2.05) is 0 Å². The Balaban J connectivity index is 2.28. The Morgan fingerprint density at radius 1 is 1.50 bits per heavy atom. The van der Waals surface area contributed by atoms with Crippen LogP contribution >= 0.6 is 0 Å². The van der Waals surface area contributed by atoms with Crippen molar-refractivity contribution in [3.63, 3.8) is 0 Å². The lowest BCUT2D eigenvalue weighted by Crippen LogP contribution is -2.16. The molecule has 6 heteroatoms. The van der Waals surface area contributed by atoms with Gasteiger partial charge >= 0.3 is 6.09 Å². The molecule has 0 radical (unpaired) electrons. The summed E-state index contributed by atoms with van der Waals surface area (Å²) in [6.07, 6.45) is 1.89. The molecule has 82 valence electrons. The summed E-state index contributed by atoms with van der Waals surface area (Å²) < 4.78 is 19.0. The van der Waals surface area contributed by atoms with Crippen LogP contribution in [0.25, 0.3) is 5.69 Å². The molecule has 0 fully saturated rings. The van der Waals surface area contributed by atoms with Crippen LogP contribution in [-0.2, 0) is 0 Å². The molecule has 2 rings (SSSR count). The van der Waals surface area contributed by atoms with E-state index in [9.17, 15) is 9.18 Å². The Labute approximate surface area is 90.3 Å². The fourth-order valence-corrected chi connectivity index (χ4v) is 1.24. The summed E-state index contributed by atoms with van der Waals surface area (Å²) in [4.78, 5) is 14.2. The van der Waals surface area contributed by atoms with Gasteiger partial charge in [0, 0.05) is 5.69 Å².